The molecule has 2 aromatic carbocycles. The van der Waals surface area contributed by atoms with E-state index in [9.17, 15) is 29.1 Å². The van der Waals surface area contributed by atoms with E-state index in [0.29, 0.717) is 19.3 Å². The van der Waals surface area contributed by atoms with Crippen LogP contribution in [0, 0.1) is 13.8 Å². The van der Waals surface area contributed by atoms with Crippen LogP contribution in [0.2, 0.25) is 0 Å². The molecule has 45 heavy (non-hydrogen) atoms. The number of rotatable bonds is 17. The van der Waals surface area contributed by atoms with Gasteiger partial charge in [0.05, 0.1) is 19.7 Å². The summed E-state index contributed by atoms with van der Waals surface area (Å²) in [7, 11) is 1.32. The Morgan fingerprint density at radius 2 is 1.58 bits per heavy atom. The number of amides is 4. The van der Waals surface area contributed by atoms with Crippen LogP contribution in [0.3, 0.4) is 0 Å². The first kappa shape index (κ1) is 38.9. The van der Waals surface area contributed by atoms with Crippen molar-refractivity contribution in [2.75, 3.05) is 20.2 Å². The number of nitrogens with one attached hydrogen (secondary N) is 2. The first-order valence-electron chi connectivity index (χ1n) is 14.7. The molecule has 0 aromatic heterocycles. The van der Waals surface area contributed by atoms with Crippen LogP contribution in [0.1, 0.15) is 54.9 Å². The lowest BCUT2D eigenvalue weighted by atomic mass is 9.96. The standard InChI is InChI=1S/C32H45N5O7.ClH/c1-20-15-24(38)16-21(2)25(20)18-26(33)32(43)36-22(3)31(42)35-19-28(39)37(14-10-6-9-13-29(40)44-4)27(30(34)41)17-23-11-7-5-8-12-23;/h5,7-8,11-12,15-16,22,26-27,38H,6,9-10,13-14,17-19,33H2,1-4H3,(H2,34,41)(H,35,42)(H,36,43);1H/t22-,26+,27+;/m1./s1. The molecule has 7 N–H and O–H groups in total. The van der Waals surface area contributed by atoms with Gasteiger partial charge in [0, 0.05) is 19.4 Å². The first-order chi connectivity index (χ1) is 20.8. The number of hydrogen-bond donors (Lipinski definition) is 5. The fourth-order valence-electron chi connectivity index (χ4n) is 4.89. The number of ether oxygens (including phenoxy) is 1. The number of esters is 1. The van der Waals surface area contributed by atoms with Crippen molar-refractivity contribution >= 4 is 42.0 Å². The Hall–Kier alpha value is -4.16. The zero-order valence-corrected chi connectivity index (χ0v) is 27.2. The molecule has 0 unspecified atom stereocenters. The molecule has 0 fully saturated rings. The lowest BCUT2D eigenvalue weighted by molar-refractivity contribution is -0.141. The van der Waals surface area contributed by atoms with Crippen LogP contribution in [-0.4, -0.2) is 77.9 Å². The second kappa shape index (κ2) is 19.3. The van der Waals surface area contributed by atoms with Gasteiger partial charge in [0.2, 0.25) is 23.6 Å². The van der Waals surface area contributed by atoms with Crippen molar-refractivity contribution in [3.8, 4) is 5.75 Å². The number of primary amides is 1. The number of carbonyl (C=O) groups excluding carboxylic acids is 5. The first-order valence-corrected chi connectivity index (χ1v) is 14.7. The zero-order chi connectivity index (χ0) is 32.8. The summed E-state index contributed by atoms with van der Waals surface area (Å²) in [5, 5.41) is 14.9. The smallest absolute Gasteiger partial charge is 0.305 e. The Labute approximate surface area is 270 Å². The number of unbranched alkanes of at least 4 members (excludes halogenated alkanes) is 2. The minimum atomic E-state index is -0.994. The average molecular weight is 648 g/mol. The fraction of sp³-hybridized carbons (Fsp3) is 0.469. The third kappa shape index (κ3) is 12.8. The summed E-state index contributed by atoms with van der Waals surface area (Å²) in [5.74, 6) is -2.55. The van der Waals surface area contributed by atoms with Gasteiger partial charge in [0.25, 0.3) is 0 Å². The van der Waals surface area contributed by atoms with Crippen molar-refractivity contribution in [2.24, 2.45) is 11.5 Å². The van der Waals surface area contributed by atoms with Crippen molar-refractivity contribution in [1.82, 2.24) is 15.5 Å². The predicted molar refractivity (Wildman–Crippen MR) is 172 cm³/mol. The third-order valence-electron chi connectivity index (χ3n) is 7.41. The Morgan fingerprint density at radius 3 is 2.16 bits per heavy atom. The van der Waals surface area contributed by atoms with E-state index < -0.39 is 48.3 Å². The molecule has 0 radical (unpaired) electrons. The predicted octanol–water partition coefficient (Wildman–Crippen LogP) is 1.58. The summed E-state index contributed by atoms with van der Waals surface area (Å²) < 4.78 is 4.66. The number of methoxy groups -OCH3 is 1. The van der Waals surface area contributed by atoms with Crippen molar-refractivity contribution in [1.29, 1.82) is 0 Å². The number of hydrogen-bond acceptors (Lipinski definition) is 8. The molecule has 0 aliphatic carbocycles. The van der Waals surface area contributed by atoms with E-state index in [0.717, 1.165) is 22.3 Å². The quantitative estimate of drug-likeness (QED) is 0.126. The molecule has 0 bridgehead atoms. The maximum absolute atomic E-state index is 13.4. The van der Waals surface area contributed by atoms with Crippen molar-refractivity contribution in [3.05, 3.63) is 64.7 Å². The van der Waals surface area contributed by atoms with Crippen LogP contribution >= 0.6 is 12.4 Å². The molecule has 0 saturated heterocycles. The molecule has 0 saturated carbocycles. The Morgan fingerprint density at radius 1 is 0.956 bits per heavy atom. The number of aromatic hydroxyl groups is 1. The molecule has 0 heterocycles. The van der Waals surface area contributed by atoms with Crippen LogP contribution in [0.5, 0.6) is 5.75 Å². The Kier molecular flexibility index (Phi) is 16.6. The van der Waals surface area contributed by atoms with Gasteiger partial charge in [-0.05, 0) is 74.4 Å². The van der Waals surface area contributed by atoms with Gasteiger partial charge < -0.3 is 36.8 Å². The van der Waals surface area contributed by atoms with Crippen molar-refractivity contribution in [2.45, 2.75) is 77.4 Å². The van der Waals surface area contributed by atoms with Gasteiger partial charge in [-0.2, -0.15) is 0 Å². The van der Waals surface area contributed by atoms with Crippen LogP contribution in [0.15, 0.2) is 42.5 Å². The highest BCUT2D eigenvalue weighted by atomic mass is 35.5. The van der Waals surface area contributed by atoms with E-state index in [1.54, 1.807) is 12.1 Å². The topological polar surface area (TPSA) is 194 Å². The number of nitrogens with zero attached hydrogens (tertiary/aromatic N) is 1. The van der Waals surface area contributed by atoms with Crippen LogP contribution < -0.4 is 22.1 Å². The summed E-state index contributed by atoms with van der Waals surface area (Å²) in [6.07, 6.45) is 2.30. The van der Waals surface area contributed by atoms with E-state index in [1.165, 1.54) is 18.9 Å². The van der Waals surface area contributed by atoms with E-state index in [4.69, 9.17) is 11.5 Å². The van der Waals surface area contributed by atoms with Gasteiger partial charge in [-0.1, -0.05) is 36.8 Å². The molecule has 13 heteroatoms. The molecule has 12 nitrogen and oxygen atoms in total. The molecule has 2 aromatic rings. The van der Waals surface area contributed by atoms with Gasteiger partial charge in [-0.25, -0.2) is 0 Å². The summed E-state index contributed by atoms with van der Waals surface area (Å²) in [6, 6.07) is 9.43. The van der Waals surface area contributed by atoms with Gasteiger partial charge in [-0.15, -0.1) is 12.4 Å². The van der Waals surface area contributed by atoms with Gasteiger partial charge in [-0.3, -0.25) is 24.0 Å². The highest BCUT2D eigenvalue weighted by Crippen LogP contribution is 2.22. The number of nitrogens with two attached hydrogens (primary N) is 2. The lowest BCUT2D eigenvalue weighted by Gasteiger charge is -2.30. The zero-order valence-electron chi connectivity index (χ0n) is 26.3. The molecular weight excluding hydrogens is 602 g/mol. The molecule has 0 aliphatic rings. The highest BCUT2D eigenvalue weighted by molar-refractivity contribution is 5.93. The van der Waals surface area contributed by atoms with Gasteiger partial charge in [0.1, 0.15) is 17.8 Å². The Bertz CT molecular complexity index is 1290. The Balaban J connectivity index is 0.0000101. The number of phenolic OH excluding ortho intramolecular Hbond substituents is 1. The van der Waals surface area contributed by atoms with E-state index in [1.807, 2.05) is 44.2 Å². The lowest BCUT2D eigenvalue weighted by Crippen LogP contribution is -2.54. The second-order valence-electron chi connectivity index (χ2n) is 10.9. The maximum Gasteiger partial charge on any atom is 0.305 e. The normalized spacial score (nSPS) is 12.6. The monoisotopic (exact) mass is 647 g/mol. The van der Waals surface area contributed by atoms with Crippen LogP contribution in [-0.2, 0) is 41.6 Å². The molecule has 2 rings (SSSR count). The summed E-state index contributed by atoms with van der Waals surface area (Å²) in [5.41, 5.74) is 15.1. The molecule has 3 atom stereocenters. The molecule has 248 valence electrons. The highest BCUT2D eigenvalue weighted by Gasteiger charge is 2.29. The number of aryl methyl sites for hydroxylation is 2. The van der Waals surface area contributed by atoms with Crippen molar-refractivity contribution < 1.29 is 33.8 Å². The number of phenols is 1. The van der Waals surface area contributed by atoms with Crippen molar-refractivity contribution in [3.63, 3.8) is 0 Å². The van der Waals surface area contributed by atoms with E-state index >= 15 is 0 Å². The number of benzene rings is 2. The number of carbonyl (C=O) groups is 5. The minimum Gasteiger partial charge on any atom is -0.508 e. The largest absolute Gasteiger partial charge is 0.508 e. The van der Waals surface area contributed by atoms with E-state index in [-0.39, 0.29) is 49.9 Å². The summed E-state index contributed by atoms with van der Waals surface area (Å²) in [4.78, 5) is 64.2. The summed E-state index contributed by atoms with van der Waals surface area (Å²) >= 11 is 0. The maximum atomic E-state index is 13.4. The summed E-state index contributed by atoms with van der Waals surface area (Å²) in [6.45, 7) is 4.87. The molecule has 0 spiro atoms. The average Bonchev–Trinajstić information content (AvgIpc) is 2.98. The number of halogens is 1. The second-order valence-corrected chi connectivity index (χ2v) is 10.9. The fourth-order valence-corrected chi connectivity index (χ4v) is 4.89. The van der Waals surface area contributed by atoms with Gasteiger partial charge >= 0.3 is 5.97 Å². The SMILES string of the molecule is COC(=O)CCCCCN(C(=O)CNC(=O)[C@@H](C)NC(=O)[C@@H](N)Cc1c(C)cc(O)cc1C)[C@@H](Cc1ccccc1)C(N)=O.Cl. The molecule has 4 amide bonds. The third-order valence-corrected chi connectivity index (χ3v) is 7.41. The van der Waals surface area contributed by atoms with Crippen LogP contribution in [0.4, 0.5) is 0 Å². The van der Waals surface area contributed by atoms with Gasteiger partial charge in [0.15, 0.2) is 0 Å². The molecule has 0 aliphatic heterocycles. The van der Waals surface area contributed by atoms with E-state index in [2.05, 4.69) is 15.4 Å². The molecular formula is C32H46ClN5O7. The minimum absolute atomic E-state index is 0. The van der Waals surface area contributed by atoms with Crippen LogP contribution in [0.25, 0.3) is 0 Å².